The molecule has 3 N–H and O–H groups in total. The minimum absolute atomic E-state index is 0.137. The molecule has 0 bridgehead atoms. The van der Waals surface area contributed by atoms with Crippen molar-refractivity contribution in [3.05, 3.63) is 28.8 Å². The van der Waals surface area contributed by atoms with Crippen molar-refractivity contribution in [3.8, 4) is 0 Å². The van der Waals surface area contributed by atoms with Gasteiger partial charge in [0, 0.05) is 17.9 Å². The molecule has 1 unspecified atom stereocenters. The van der Waals surface area contributed by atoms with Gasteiger partial charge < -0.3 is 15.7 Å². The van der Waals surface area contributed by atoms with Crippen molar-refractivity contribution in [1.82, 2.24) is 5.32 Å². The second kappa shape index (κ2) is 7.88. The third-order valence-corrected chi connectivity index (χ3v) is 5.49. The number of hydrogen-bond donors (Lipinski definition) is 3. The van der Waals surface area contributed by atoms with E-state index in [4.69, 9.17) is 11.6 Å². The Morgan fingerprint density at radius 2 is 2.00 bits per heavy atom. The molecular weight excluding hydrogens is 376 g/mol. The summed E-state index contributed by atoms with van der Waals surface area (Å²) in [6, 6.07) is 4.59. The molecule has 1 heterocycles. The van der Waals surface area contributed by atoms with Crippen LogP contribution in [0.1, 0.15) is 44.0 Å². The summed E-state index contributed by atoms with van der Waals surface area (Å²) in [7, 11) is 0. The number of halogens is 1. The fourth-order valence-electron chi connectivity index (χ4n) is 2.63. The van der Waals surface area contributed by atoms with Gasteiger partial charge in [-0.3, -0.25) is 9.59 Å². The predicted octanol–water partition coefficient (Wildman–Crippen LogP) is 3.40. The van der Waals surface area contributed by atoms with Gasteiger partial charge in [0.1, 0.15) is 5.54 Å². The average molecular weight is 399 g/mol. The number of thioether (sulfide) groups is 1. The molecule has 1 aliphatic heterocycles. The van der Waals surface area contributed by atoms with Gasteiger partial charge in [0.15, 0.2) is 0 Å². The predicted molar refractivity (Wildman–Crippen MR) is 104 cm³/mol. The number of anilines is 1. The molecule has 1 saturated heterocycles. The van der Waals surface area contributed by atoms with E-state index < -0.39 is 17.4 Å². The molecule has 1 aromatic rings. The molecule has 1 fully saturated rings. The molecule has 2 rings (SSSR count). The van der Waals surface area contributed by atoms with Gasteiger partial charge in [0.25, 0.3) is 5.91 Å². The van der Waals surface area contributed by atoms with Gasteiger partial charge in [-0.25, -0.2) is 4.79 Å². The number of benzene rings is 1. The maximum absolute atomic E-state index is 12.6. The maximum atomic E-state index is 12.6. The van der Waals surface area contributed by atoms with E-state index in [0.717, 1.165) is 0 Å². The van der Waals surface area contributed by atoms with Crippen LogP contribution in [-0.4, -0.2) is 39.9 Å². The number of carbonyl (C=O) groups is 3. The first-order chi connectivity index (χ1) is 12.0. The summed E-state index contributed by atoms with van der Waals surface area (Å²) in [6.45, 7) is 5.87. The minimum Gasteiger partial charge on any atom is -0.479 e. The zero-order valence-electron chi connectivity index (χ0n) is 15.0. The van der Waals surface area contributed by atoms with E-state index in [2.05, 4.69) is 10.6 Å². The van der Waals surface area contributed by atoms with Gasteiger partial charge in [-0.15, -0.1) is 0 Å². The Kier molecular flexibility index (Phi) is 6.24. The van der Waals surface area contributed by atoms with Crippen molar-refractivity contribution in [1.29, 1.82) is 0 Å². The third-order valence-electron chi connectivity index (χ3n) is 3.97. The van der Waals surface area contributed by atoms with Crippen molar-refractivity contribution < 1.29 is 19.5 Å². The quantitative estimate of drug-likeness (QED) is 0.706. The highest BCUT2D eigenvalue weighted by Gasteiger charge is 2.43. The van der Waals surface area contributed by atoms with E-state index in [-0.39, 0.29) is 21.9 Å². The molecule has 0 radical (unpaired) electrons. The van der Waals surface area contributed by atoms with Crippen LogP contribution in [0.4, 0.5) is 5.69 Å². The molecular formula is C18H23ClN2O4S. The molecule has 6 nitrogen and oxygen atoms in total. The second-order valence-corrected chi connectivity index (χ2v) is 9.14. The normalized spacial score (nSPS) is 19.8. The summed E-state index contributed by atoms with van der Waals surface area (Å²) in [6.07, 6.45) is 0.689. The van der Waals surface area contributed by atoms with Crippen LogP contribution >= 0.6 is 23.4 Å². The molecule has 0 aliphatic carbocycles. The SMILES string of the molecule is CC(C)(C)CC(=O)Nc1ccc(Cl)c(C(=O)NC2(C(=O)O)CCSC2)c1. The Hall–Kier alpha value is -1.73. The van der Waals surface area contributed by atoms with Crippen LogP contribution in [0.2, 0.25) is 5.02 Å². The van der Waals surface area contributed by atoms with Crippen LogP contribution < -0.4 is 10.6 Å². The lowest BCUT2D eigenvalue weighted by atomic mass is 9.92. The number of rotatable bonds is 5. The molecule has 26 heavy (non-hydrogen) atoms. The molecule has 1 aliphatic rings. The zero-order valence-corrected chi connectivity index (χ0v) is 16.6. The summed E-state index contributed by atoms with van der Waals surface area (Å²) in [4.78, 5) is 36.3. The maximum Gasteiger partial charge on any atom is 0.330 e. The van der Waals surface area contributed by atoms with E-state index >= 15 is 0 Å². The van der Waals surface area contributed by atoms with Crippen molar-refractivity contribution in [2.75, 3.05) is 16.8 Å². The second-order valence-electron chi connectivity index (χ2n) is 7.62. The topological polar surface area (TPSA) is 95.5 Å². The zero-order chi connectivity index (χ0) is 19.5. The molecule has 8 heteroatoms. The van der Waals surface area contributed by atoms with E-state index in [1.165, 1.54) is 23.9 Å². The van der Waals surface area contributed by atoms with E-state index in [1.807, 2.05) is 20.8 Å². The largest absolute Gasteiger partial charge is 0.479 e. The molecule has 2 amide bonds. The smallest absolute Gasteiger partial charge is 0.330 e. The number of aliphatic carboxylic acids is 1. The molecule has 142 valence electrons. The number of carboxylic acid groups (broad SMARTS) is 1. The Labute approximate surface area is 162 Å². The van der Waals surface area contributed by atoms with Crippen molar-refractivity contribution >= 4 is 46.8 Å². The highest BCUT2D eigenvalue weighted by molar-refractivity contribution is 7.99. The van der Waals surface area contributed by atoms with Crippen LogP contribution in [0, 0.1) is 5.41 Å². The highest BCUT2D eigenvalue weighted by Crippen LogP contribution is 2.30. The number of hydrogen-bond acceptors (Lipinski definition) is 4. The van der Waals surface area contributed by atoms with E-state index in [9.17, 15) is 19.5 Å². The van der Waals surface area contributed by atoms with E-state index in [0.29, 0.717) is 30.0 Å². The van der Waals surface area contributed by atoms with Crippen LogP contribution in [0.25, 0.3) is 0 Å². The standard InChI is InChI=1S/C18H23ClN2O4S/c1-17(2,3)9-14(22)20-11-4-5-13(19)12(8-11)15(23)21-18(16(24)25)6-7-26-10-18/h4-5,8H,6-7,9-10H2,1-3H3,(H,20,22)(H,21,23)(H,24,25). The lowest BCUT2D eigenvalue weighted by Crippen LogP contribution is -2.54. The Morgan fingerprint density at radius 3 is 2.54 bits per heavy atom. The van der Waals surface area contributed by atoms with Gasteiger partial charge in [0.05, 0.1) is 10.6 Å². The van der Waals surface area contributed by atoms with Gasteiger partial charge in [-0.1, -0.05) is 32.4 Å². The monoisotopic (exact) mass is 398 g/mol. The number of carboxylic acids is 1. The fourth-order valence-corrected chi connectivity index (χ4v) is 4.16. The van der Waals surface area contributed by atoms with Gasteiger partial charge in [-0.05, 0) is 35.8 Å². The summed E-state index contributed by atoms with van der Waals surface area (Å²) >= 11 is 7.60. The Balaban J connectivity index is 2.17. The van der Waals surface area contributed by atoms with E-state index in [1.54, 1.807) is 6.07 Å². The Morgan fingerprint density at radius 1 is 1.31 bits per heavy atom. The van der Waals surface area contributed by atoms with Crippen molar-refractivity contribution in [2.24, 2.45) is 5.41 Å². The van der Waals surface area contributed by atoms with Crippen molar-refractivity contribution in [2.45, 2.75) is 39.2 Å². The van der Waals surface area contributed by atoms with Crippen LogP contribution in [0.3, 0.4) is 0 Å². The van der Waals surface area contributed by atoms with Gasteiger partial charge >= 0.3 is 5.97 Å². The molecule has 1 aromatic carbocycles. The lowest BCUT2D eigenvalue weighted by Gasteiger charge is -2.25. The summed E-state index contributed by atoms with van der Waals surface area (Å²) in [5.41, 5.74) is -0.863. The van der Waals surface area contributed by atoms with Crippen LogP contribution in [0.15, 0.2) is 18.2 Å². The van der Waals surface area contributed by atoms with Crippen LogP contribution in [0.5, 0.6) is 0 Å². The summed E-state index contributed by atoms with van der Waals surface area (Å²) < 4.78 is 0. The number of carbonyl (C=O) groups excluding carboxylic acids is 2. The first kappa shape index (κ1) is 20.6. The third kappa shape index (κ3) is 5.14. The molecule has 1 atom stereocenters. The number of amides is 2. The van der Waals surface area contributed by atoms with Crippen molar-refractivity contribution in [3.63, 3.8) is 0 Å². The highest BCUT2D eigenvalue weighted by atomic mass is 35.5. The minimum atomic E-state index is -1.28. The number of nitrogens with one attached hydrogen (secondary N) is 2. The van der Waals surface area contributed by atoms with Crippen LogP contribution in [-0.2, 0) is 9.59 Å². The molecule has 0 saturated carbocycles. The fraction of sp³-hybridized carbons (Fsp3) is 0.500. The lowest BCUT2D eigenvalue weighted by molar-refractivity contribution is -0.143. The first-order valence-electron chi connectivity index (χ1n) is 8.25. The summed E-state index contributed by atoms with van der Waals surface area (Å²) in [5.74, 6) is -0.800. The Bertz CT molecular complexity index is 724. The first-order valence-corrected chi connectivity index (χ1v) is 9.79. The average Bonchev–Trinajstić information content (AvgIpc) is 2.97. The van der Waals surface area contributed by atoms with Gasteiger partial charge in [-0.2, -0.15) is 11.8 Å². The molecule has 0 aromatic heterocycles. The summed E-state index contributed by atoms with van der Waals surface area (Å²) in [5, 5.41) is 15.0. The van der Waals surface area contributed by atoms with Gasteiger partial charge in [0.2, 0.25) is 5.91 Å². The molecule has 0 spiro atoms.